The van der Waals surface area contributed by atoms with Crippen LogP contribution in [-0.4, -0.2) is 5.78 Å². The number of carbonyl (C=O) groups excluding carboxylic acids is 1. The molecule has 4 aromatic carbocycles. The van der Waals surface area contributed by atoms with Crippen LogP contribution in [0.5, 0.6) is 0 Å². The number of ketones is 1. The van der Waals surface area contributed by atoms with E-state index in [1.165, 1.54) is 12.1 Å². The van der Waals surface area contributed by atoms with Gasteiger partial charge in [-0.2, -0.15) is 0 Å². The van der Waals surface area contributed by atoms with Crippen LogP contribution in [0.15, 0.2) is 103 Å². The Bertz CT molecular complexity index is 1700. The largest absolute Gasteiger partial charge is 0.422 e. The minimum Gasteiger partial charge on any atom is -0.422 e. The molecule has 0 radical (unpaired) electrons. The van der Waals surface area contributed by atoms with Crippen molar-refractivity contribution in [3.63, 3.8) is 0 Å². The molecule has 5 heteroatoms. The van der Waals surface area contributed by atoms with E-state index in [-0.39, 0.29) is 11.1 Å². The van der Waals surface area contributed by atoms with Crippen LogP contribution in [0.25, 0.3) is 43.5 Å². The predicted molar refractivity (Wildman–Crippen MR) is 123 cm³/mol. The monoisotopic (exact) mass is 418 g/mol. The molecule has 0 saturated carbocycles. The third kappa shape index (κ3) is 2.83. The van der Waals surface area contributed by atoms with Gasteiger partial charge < -0.3 is 8.83 Å². The van der Waals surface area contributed by atoms with E-state index in [1.807, 2.05) is 60.7 Å². The summed E-state index contributed by atoms with van der Waals surface area (Å²) in [6, 6.07) is 25.5. The Kier molecular flexibility index (Phi) is 3.86. The average Bonchev–Trinajstić information content (AvgIpc) is 2.80. The first-order valence-electron chi connectivity index (χ1n) is 10.0. The summed E-state index contributed by atoms with van der Waals surface area (Å²) in [7, 11) is 0. The highest BCUT2D eigenvalue weighted by Crippen LogP contribution is 2.25. The molecule has 0 aliphatic heterocycles. The smallest absolute Gasteiger partial charge is 0.347 e. The summed E-state index contributed by atoms with van der Waals surface area (Å²) in [5.41, 5.74) is -1.25. The van der Waals surface area contributed by atoms with Crippen molar-refractivity contribution in [3.8, 4) is 0 Å². The van der Waals surface area contributed by atoms with Gasteiger partial charge >= 0.3 is 11.3 Å². The highest BCUT2D eigenvalue weighted by Gasteiger charge is 2.21. The molecule has 0 aliphatic carbocycles. The van der Waals surface area contributed by atoms with E-state index in [9.17, 15) is 14.4 Å². The maximum Gasteiger partial charge on any atom is 0.347 e. The molecule has 0 unspecified atom stereocenters. The third-order valence-electron chi connectivity index (χ3n) is 5.69. The van der Waals surface area contributed by atoms with Crippen molar-refractivity contribution in [1.82, 2.24) is 0 Å². The molecule has 0 saturated heterocycles. The van der Waals surface area contributed by atoms with E-state index >= 15 is 0 Å². The number of rotatable bonds is 2. The summed E-state index contributed by atoms with van der Waals surface area (Å²) >= 11 is 0. The molecular formula is C27H14O5. The Morgan fingerprint density at radius 3 is 1.28 bits per heavy atom. The lowest BCUT2D eigenvalue weighted by Crippen LogP contribution is -2.20. The lowest BCUT2D eigenvalue weighted by molar-refractivity contribution is 0.103. The van der Waals surface area contributed by atoms with Gasteiger partial charge in [-0.15, -0.1) is 0 Å². The van der Waals surface area contributed by atoms with Gasteiger partial charge in [-0.1, -0.05) is 48.5 Å². The molecule has 5 nitrogen and oxygen atoms in total. The lowest BCUT2D eigenvalue weighted by Gasteiger charge is -2.05. The van der Waals surface area contributed by atoms with Crippen LogP contribution in [0.3, 0.4) is 0 Å². The van der Waals surface area contributed by atoms with Crippen LogP contribution >= 0.6 is 0 Å². The van der Waals surface area contributed by atoms with Gasteiger partial charge in [-0.05, 0) is 57.9 Å². The zero-order valence-corrected chi connectivity index (χ0v) is 16.6. The van der Waals surface area contributed by atoms with Crippen molar-refractivity contribution in [1.29, 1.82) is 0 Å². The molecule has 0 bridgehead atoms. The number of hydrogen-bond donors (Lipinski definition) is 0. The molecular weight excluding hydrogens is 404 g/mol. The van der Waals surface area contributed by atoms with Gasteiger partial charge in [0, 0.05) is 10.8 Å². The summed E-state index contributed by atoms with van der Waals surface area (Å²) in [5, 5.41) is 4.94. The molecule has 152 valence electrons. The highest BCUT2D eigenvalue weighted by molar-refractivity contribution is 6.11. The molecule has 2 heterocycles. The summed E-state index contributed by atoms with van der Waals surface area (Å²) in [5.74, 6) is -0.724. The Hall–Kier alpha value is -4.51. The fraction of sp³-hybridized carbons (Fsp3) is 0. The van der Waals surface area contributed by atoms with Crippen LogP contribution in [0.2, 0.25) is 0 Å². The van der Waals surface area contributed by atoms with Crippen molar-refractivity contribution < 1.29 is 13.6 Å². The Morgan fingerprint density at radius 2 is 0.875 bits per heavy atom. The third-order valence-corrected chi connectivity index (χ3v) is 5.69. The van der Waals surface area contributed by atoms with E-state index in [0.717, 1.165) is 21.5 Å². The zero-order chi connectivity index (χ0) is 21.8. The molecule has 2 aromatic heterocycles. The number of benzene rings is 4. The maximum absolute atomic E-state index is 13.2. The SMILES string of the molecule is O=C(c1cc2cc3ccccc3cc2oc1=O)c1cc2cc3ccccc3cc2oc1=O. The summed E-state index contributed by atoms with van der Waals surface area (Å²) in [4.78, 5) is 38.4. The topological polar surface area (TPSA) is 77.5 Å². The predicted octanol–water partition coefficient (Wildman–Crippen LogP) is 5.44. The van der Waals surface area contributed by atoms with E-state index in [4.69, 9.17) is 8.83 Å². The summed E-state index contributed by atoms with van der Waals surface area (Å²) in [6.07, 6.45) is 0. The molecule has 6 aromatic rings. The van der Waals surface area contributed by atoms with Gasteiger partial charge in [-0.3, -0.25) is 4.79 Å². The van der Waals surface area contributed by atoms with E-state index in [0.29, 0.717) is 21.9 Å². The molecule has 0 amide bonds. The van der Waals surface area contributed by atoms with Crippen molar-refractivity contribution >= 4 is 49.3 Å². The minimum absolute atomic E-state index is 0.208. The number of carbonyl (C=O) groups is 1. The molecule has 6 rings (SSSR count). The Morgan fingerprint density at radius 1 is 0.500 bits per heavy atom. The number of hydrogen-bond acceptors (Lipinski definition) is 5. The average molecular weight is 418 g/mol. The summed E-state index contributed by atoms with van der Waals surface area (Å²) in [6.45, 7) is 0. The van der Waals surface area contributed by atoms with Gasteiger partial charge in [0.15, 0.2) is 0 Å². The van der Waals surface area contributed by atoms with Crippen LogP contribution in [-0.2, 0) is 0 Å². The van der Waals surface area contributed by atoms with Crippen molar-refractivity contribution in [2.45, 2.75) is 0 Å². The molecule has 0 atom stereocenters. The van der Waals surface area contributed by atoms with Crippen molar-refractivity contribution in [2.75, 3.05) is 0 Å². The molecule has 32 heavy (non-hydrogen) atoms. The van der Waals surface area contributed by atoms with E-state index in [1.54, 1.807) is 12.1 Å². The maximum atomic E-state index is 13.2. The fourth-order valence-electron chi connectivity index (χ4n) is 4.08. The first-order valence-corrected chi connectivity index (χ1v) is 10.0. The quantitative estimate of drug-likeness (QED) is 0.213. The standard InChI is InChI=1S/C27H14O5/c28-25(21-11-19-9-15-5-1-3-7-17(15)13-23(19)31-26(21)29)22-12-20-10-16-6-2-4-8-18(16)14-24(20)32-27(22)30/h1-14H. The molecule has 0 spiro atoms. The molecule has 0 N–H and O–H groups in total. The van der Waals surface area contributed by atoms with Crippen LogP contribution < -0.4 is 11.3 Å². The van der Waals surface area contributed by atoms with Crippen molar-refractivity contribution in [2.24, 2.45) is 0 Å². The van der Waals surface area contributed by atoms with Crippen LogP contribution in [0, 0.1) is 0 Å². The van der Waals surface area contributed by atoms with Gasteiger partial charge in [0.25, 0.3) is 0 Å². The fourth-order valence-corrected chi connectivity index (χ4v) is 4.08. The minimum atomic E-state index is -0.796. The van der Waals surface area contributed by atoms with Crippen LogP contribution in [0.4, 0.5) is 0 Å². The highest BCUT2D eigenvalue weighted by atomic mass is 16.4. The Balaban J connectivity index is 1.54. The summed E-state index contributed by atoms with van der Waals surface area (Å²) < 4.78 is 10.8. The van der Waals surface area contributed by atoms with E-state index in [2.05, 4.69) is 0 Å². The second-order valence-electron chi connectivity index (χ2n) is 7.70. The second-order valence-corrected chi connectivity index (χ2v) is 7.70. The van der Waals surface area contributed by atoms with Gasteiger partial charge in [-0.25, -0.2) is 9.59 Å². The van der Waals surface area contributed by atoms with E-state index < -0.39 is 17.0 Å². The lowest BCUT2D eigenvalue weighted by atomic mass is 10.0. The molecule has 0 aliphatic rings. The van der Waals surface area contributed by atoms with Gasteiger partial charge in [0.1, 0.15) is 22.3 Å². The molecule has 0 fully saturated rings. The zero-order valence-electron chi connectivity index (χ0n) is 16.6. The first-order chi connectivity index (χ1) is 15.6. The number of fused-ring (bicyclic) bond motifs is 4. The van der Waals surface area contributed by atoms with Gasteiger partial charge in [0.05, 0.1) is 0 Å². The van der Waals surface area contributed by atoms with Crippen LogP contribution in [0.1, 0.15) is 15.9 Å². The Labute approximate surface area is 180 Å². The van der Waals surface area contributed by atoms with Crippen molar-refractivity contribution in [3.05, 3.63) is 117 Å². The second kappa shape index (κ2) is 6.75. The van der Waals surface area contributed by atoms with Gasteiger partial charge in [0.2, 0.25) is 5.78 Å². The first kappa shape index (κ1) is 18.3. The normalized spacial score (nSPS) is 11.5.